The number of carbonyl (C=O) groups excluding carboxylic acids is 1. The highest BCUT2D eigenvalue weighted by Gasteiger charge is 2.20. The summed E-state index contributed by atoms with van der Waals surface area (Å²) in [4.78, 5) is 12.8. The quantitative estimate of drug-likeness (QED) is 0.722. The van der Waals surface area contributed by atoms with E-state index in [1.807, 2.05) is 26.0 Å². The van der Waals surface area contributed by atoms with Crippen molar-refractivity contribution in [2.24, 2.45) is 5.92 Å². The highest BCUT2D eigenvalue weighted by atomic mass is 35.5. The van der Waals surface area contributed by atoms with E-state index in [2.05, 4.69) is 10.0 Å². The minimum atomic E-state index is -3.58. The van der Waals surface area contributed by atoms with Crippen LogP contribution in [0.2, 0.25) is 5.02 Å². The summed E-state index contributed by atoms with van der Waals surface area (Å²) in [5, 5.41) is 3.65. The van der Waals surface area contributed by atoms with E-state index in [1.54, 1.807) is 26.0 Å². The third-order valence-corrected chi connectivity index (χ3v) is 5.93. The van der Waals surface area contributed by atoms with Crippen molar-refractivity contribution >= 4 is 27.5 Å². The molecule has 0 saturated heterocycles. The summed E-state index contributed by atoms with van der Waals surface area (Å²) in [5.41, 5.74) is 1.36. The summed E-state index contributed by atoms with van der Waals surface area (Å²) >= 11 is 5.94. The SMILES string of the molecule is CC(C)NS(=O)(=O)c1ccc(C(=O)NC(c2ccc(Cl)cc2)C(C)C)cc1. The fraction of sp³-hybridized carbons (Fsp3) is 0.350. The molecule has 0 spiro atoms. The van der Waals surface area contributed by atoms with Crippen LogP contribution in [0.5, 0.6) is 0 Å². The second kappa shape index (κ2) is 8.87. The average molecular weight is 409 g/mol. The van der Waals surface area contributed by atoms with Crippen LogP contribution in [0.25, 0.3) is 0 Å². The van der Waals surface area contributed by atoms with Gasteiger partial charge in [0.1, 0.15) is 0 Å². The number of rotatable bonds is 7. The molecule has 0 fully saturated rings. The van der Waals surface area contributed by atoms with Crippen molar-refractivity contribution < 1.29 is 13.2 Å². The number of sulfonamides is 1. The van der Waals surface area contributed by atoms with Gasteiger partial charge in [-0.15, -0.1) is 0 Å². The Balaban J connectivity index is 2.18. The Labute approximate surface area is 166 Å². The normalized spacial score (nSPS) is 13.0. The number of carbonyl (C=O) groups is 1. The fourth-order valence-corrected chi connectivity index (χ4v) is 4.07. The first-order valence-corrected chi connectivity index (χ1v) is 10.6. The third kappa shape index (κ3) is 5.79. The minimum Gasteiger partial charge on any atom is -0.345 e. The molecule has 0 aliphatic rings. The Morgan fingerprint density at radius 2 is 1.48 bits per heavy atom. The van der Waals surface area contributed by atoms with E-state index >= 15 is 0 Å². The largest absolute Gasteiger partial charge is 0.345 e. The van der Waals surface area contributed by atoms with Crippen molar-refractivity contribution in [3.8, 4) is 0 Å². The maximum Gasteiger partial charge on any atom is 0.251 e. The molecular weight excluding hydrogens is 384 g/mol. The Morgan fingerprint density at radius 1 is 0.926 bits per heavy atom. The molecule has 0 radical (unpaired) electrons. The molecule has 7 heteroatoms. The number of hydrogen-bond acceptors (Lipinski definition) is 3. The molecular formula is C20H25ClN2O3S. The van der Waals surface area contributed by atoms with E-state index in [1.165, 1.54) is 24.3 Å². The number of benzene rings is 2. The lowest BCUT2D eigenvalue weighted by Crippen LogP contribution is -2.32. The first-order valence-electron chi connectivity index (χ1n) is 8.79. The smallest absolute Gasteiger partial charge is 0.251 e. The van der Waals surface area contributed by atoms with Gasteiger partial charge in [0, 0.05) is 16.6 Å². The van der Waals surface area contributed by atoms with E-state index < -0.39 is 10.0 Å². The first-order chi connectivity index (χ1) is 12.6. The van der Waals surface area contributed by atoms with Crippen molar-refractivity contribution in [1.82, 2.24) is 10.0 Å². The molecule has 0 aromatic heterocycles. The van der Waals surface area contributed by atoms with Crippen LogP contribution < -0.4 is 10.0 Å². The van der Waals surface area contributed by atoms with E-state index in [4.69, 9.17) is 11.6 Å². The van der Waals surface area contributed by atoms with Crippen molar-refractivity contribution in [3.63, 3.8) is 0 Å². The van der Waals surface area contributed by atoms with Gasteiger partial charge >= 0.3 is 0 Å². The van der Waals surface area contributed by atoms with Crippen molar-refractivity contribution in [1.29, 1.82) is 0 Å². The zero-order chi connectivity index (χ0) is 20.2. The average Bonchev–Trinajstić information content (AvgIpc) is 2.59. The molecule has 27 heavy (non-hydrogen) atoms. The van der Waals surface area contributed by atoms with Crippen LogP contribution >= 0.6 is 11.6 Å². The van der Waals surface area contributed by atoms with Gasteiger partial charge in [0.05, 0.1) is 10.9 Å². The zero-order valence-electron chi connectivity index (χ0n) is 15.9. The number of amides is 1. The molecule has 146 valence electrons. The van der Waals surface area contributed by atoms with E-state index in [-0.39, 0.29) is 28.8 Å². The van der Waals surface area contributed by atoms with Crippen LogP contribution in [-0.2, 0) is 10.0 Å². The van der Waals surface area contributed by atoms with E-state index in [0.29, 0.717) is 10.6 Å². The monoisotopic (exact) mass is 408 g/mol. The maximum absolute atomic E-state index is 12.6. The highest BCUT2D eigenvalue weighted by molar-refractivity contribution is 7.89. The summed E-state index contributed by atoms with van der Waals surface area (Å²) in [7, 11) is -3.58. The Hall–Kier alpha value is -1.89. The molecule has 0 aliphatic carbocycles. The van der Waals surface area contributed by atoms with Gasteiger partial charge in [-0.2, -0.15) is 0 Å². The summed E-state index contributed by atoms with van der Waals surface area (Å²) in [6.45, 7) is 7.55. The van der Waals surface area contributed by atoms with Crippen LogP contribution in [0.4, 0.5) is 0 Å². The Bertz CT molecular complexity index is 876. The van der Waals surface area contributed by atoms with Gasteiger partial charge in [0.2, 0.25) is 10.0 Å². The van der Waals surface area contributed by atoms with Crippen LogP contribution in [0.1, 0.15) is 49.7 Å². The van der Waals surface area contributed by atoms with Crippen LogP contribution in [0.3, 0.4) is 0 Å². The molecule has 0 saturated carbocycles. The van der Waals surface area contributed by atoms with Gasteiger partial charge in [0.25, 0.3) is 5.91 Å². The van der Waals surface area contributed by atoms with Crippen molar-refractivity contribution in [2.45, 2.75) is 44.7 Å². The van der Waals surface area contributed by atoms with Gasteiger partial charge in [-0.3, -0.25) is 4.79 Å². The lowest BCUT2D eigenvalue weighted by atomic mass is 9.95. The summed E-state index contributed by atoms with van der Waals surface area (Å²) < 4.78 is 26.9. The van der Waals surface area contributed by atoms with Crippen LogP contribution in [0.15, 0.2) is 53.4 Å². The topological polar surface area (TPSA) is 75.3 Å². The molecule has 2 rings (SSSR count). The molecule has 1 unspecified atom stereocenters. The predicted molar refractivity (Wildman–Crippen MR) is 108 cm³/mol. The first kappa shape index (κ1) is 21.4. The summed E-state index contributed by atoms with van der Waals surface area (Å²) in [6, 6.07) is 12.9. The number of halogens is 1. The summed E-state index contributed by atoms with van der Waals surface area (Å²) in [5.74, 6) is -0.0885. The van der Waals surface area contributed by atoms with Gasteiger partial charge in [0.15, 0.2) is 0 Å². The molecule has 0 bridgehead atoms. The van der Waals surface area contributed by atoms with Gasteiger partial charge in [-0.25, -0.2) is 13.1 Å². The number of nitrogens with one attached hydrogen (secondary N) is 2. The van der Waals surface area contributed by atoms with Crippen molar-refractivity contribution in [3.05, 3.63) is 64.7 Å². The molecule has 1 atom stereocenters. The van der Waals surface area contributed by atoms with Gasteiger partial charge < -0.3 is 5.32 Å². The van der Waals surface area contributed by atoms with Gasteiger partial charge in [-0.05, 0) is 61.7 Å². The van der Waals surface area contributed by atoms with E-state index in [0.717, 1.165) is 5.56 Å². The standard InChI is InChI=1S/C20H25ClN2O3S/c1-13(2)19(15-5-9-17(21)10-6-15)22-20(24)16-7-11-18(12-8-16)27(25,26)23-14(3)4/h5-14,19,23H,1-4H3,(H,22,24). The Morgan fingerprint density at radius 3 is 1.96 bits per heavy atom. The Kier molecular flexibility index (Phi) is 7.03. The van der Waals surface area contributed by atoms with Crippen LogP contribution in [0, 0.1) is 5.92 Å². The van der Waals surface area contributed by atoms with E-state index in [9.17, 15) is 13.2 Å². The second-order valence-electron chi connectivity index (χ2n) is 7.05. The molecule has 2 aromatic carbocycles. The summed E-state index contributed by atoms with van der Waals surface area (Å²) in [6.07, 6.45) is 0. The lowest BCUT2D eigenvalue weighted by Gasteiger charge is -2.23. The molecule has 0 aliphatic heterocycles. The third-order valence-electron chi connectivity index (χ3n) is 4.00. The molecule has 2 aromatic rings. The molecule has 0 heterocycles. The molecule has 2 N–H and O–H groups in total. The fourth-order valence-electron chi connectivity index (χ4n) is 2.69. The van der Waals surface area contributed by atoms with Crippen LogP contribution in [-0.4, -0.2) is 20.4 Å². The second-order valence-corrected chi connectivity index (χ2v) is 9.20. The maximum atomic E-state index is 12.6. The number of hydrogen-bond donors (Lipinski definition) is 2. The molecule has 5 nitrogen and oxygen atoms in total. The predicted octanol–water partition coefficient (Wildman–Crippen LogP) is 4.15. The van der Waals surface area contributed by atoms with Crippen molar-refractivity contribution in [2.75, 3.05) is 0 Å². The lowest BCUT2D eigenvalue weighted by molar-refractivity contribution is 0.0925. The zero-order valence-corrected chi connectivity index (χ0v) is 17.4. The minimum absolute atomic E-state index is 0.130. The van der Waals surface area contributed by atoms with Gasteiger partial charge in [-0.1, -0.05) is 37.6 Å². The highest BCUT2D eigenvalue weighted by Crippen LogP contribution is 2.24. The molecule has 1 amide bonds.